The van der Waals surface area contributed by atoms with Crippen molar-refractivity contribution in [2.24, 2.45) is 0 Å². The van der Waals surface area contributed by atoms with Gasteiger partial charge in [-0.15, -0.1) is 0 Å². The Morgan fingerprint density at radius 2 is 1.07 bits per heavy atom. The first-order chi connectivity index (χ1) is 28.2. The minimum atomic E-state index is 0.587. The normalized spacial score (nSPS) is 11.5. The highest BCUT2D eigenvalue weighted by molar-refractivity contribution is 6.11. The molecular weight excluding hydrogens is 703 g/mol. The fourth-order valence-corrected chi connectivity index (χ4v) is 7.66. The van der Waals surface area contributed by atoms with Gasteiger partial charge in [0.2, 0.25) is 5.89 Å². The Kier molecular flexibility index (Phi) is 7.67. The summed E-state index contributed by atoms with van der Waals surface area (Å²) in [5.74, 6) is 0.587. The van der Waals surface area contributed by atoms with Gasteiger partial charge in [0.05, 0.1) is 28.0 Å². The predicted octanol–water partition coefficient (Wildman–Crippen LogP) is 13.2. The molecule has 0 radical (unpaired) electrons. The fraction of sp³-hybridized carbons (Fsp3) is 0. The summed E-state index contributed by atoms with van der Waals surface area (Å²) in [6.45, 7) is 0. The lowest BCUT2D eigenvalue weighted by molar-refractivity contribution is 0.620. The van der Waals surface area contributed by atoms with Crippen LogP contribution in [0.15, 0.2) is 197 Å². The maximum absolute atomic E-state index is 6.18. The van der Waals surface area contributed by atoms with Crippen LogP contribution in [0.2, 0.25) is 0 Å². The van der Waals surface area contributed by atoms with E-state index in [9.17, 15) is 0 Å². The molecule has 0 aliphatic heterocycles. The minimum Gasteiger partial charge on any atom is -0.456 e. The molecule has 7 heteroatoms. The Balaban J connectivity index is 0.997. The van der Waals surface area contributed by atoms with E-state index in [4.69, 9.17) is 28.8 Å². The minimum absolute atomic E-state index is 0.587. The zero-order chi connectivity index (χ0) is 37.7. The van der Waals surface area contributed by atoms with E-state index < -0.39 is 0 Å². The van der Waals surface area contributed by atoms with Gasteiger partial charge in [-0.3, -0.25) is 9.97 Å². The molecule has 0 atom stereocenters. The Morgan fingerprint density at radius 1 is 0.421 bits per heavy atom. The van der Waals surface area contributed by atoms with Gasteiger partial charge >= 0.3 is 0 Å². The second kappa shape index (κ2) is 13.4. The highest BCUT2D eigenvalue weighted by Gasteiger charge is 2.18. The van der Waals surface area contributed by atoms with E-state index in [1.807, 2.05) is 85.2 Å². The molecular formula is C50H31N5O2. The van der Waals surface area contributed by atoms with E-state index in [0.29, 0.717) is 5.89 Å². The lowest BCUT2D eigenvalue weighted by atomic mass is 10.0. The van der Waals surface area contributed by atoms with Crippen molar-refractivity contribution in [3.8, 4) is 45.2 Å². The van der Waals surface area contributed by atoms with Gasteiger partial charge in [-0.05, 0) is 84.9 Å². The molecule has 5 aromatic heterocycles. The third-order valence-electron chi connectivity index (χ3n) is 10.4. The van der Waals surface area contributed by atoms with Gasteiger partial charge in [0.15, 0.2) is 5.58 Å². The molecule has 0 N–H and O–H groups in total. The number of nitrogens with zero attached hydrogens (tertiary/aromatic N) is 5. The van der Waals surface area contributed by atoms with E-state index >= 15 is 0 Å². The van der Waals surface area contributed by atoms with Crippen LogP contribution in [0.1, 0.15) is 0 Å². The van der Waals surface area contributed by atoms with E-state index in [-0.39, 0.29) is 0 Å². The molecule has 5 heterocycles. The van der Waals surface area contributed by atoms with Crippen molar-refractivity contribution >= 4 is 61.0 Å². The number of furan rings is 1. The molecule has 0 fully saturated rings. The largest absolute Gasteiger partial charge is 0.456 e. The number of para-hydroxylation sites is 3. The first kappa shape index (κ1) is 32.5. The second-order valence-electron chi connectivity index (χ2n) is 13.9. The van der Waals surface area contributed by atoms with E-state index in [1.165, 1.54) is 0 Å². The number of benzene rings is 6. The molecule has 0 saturated carbocycles. The number of anilines is 3. The topological polar surface area (TPSA) is 81.1 Å². The molecule has 268 valence electrons. The highest BCUT2D eigenvalue weighted by atomic mass is 16.3. The number of rotatable bonds is 7. The van der Waals surface area contributed by atoms with Crippen LogP contribution >= 0.6 is 0 Å². The second-order valence-corrected chi connectivity index (χ2v) is 13.9. The molecule has 0 spiro atoms. The summed E-state index contributed by atoms with van der Waals surface area (Å²) in [6, 6.07) is 59.7. The van der Waals surface area contributed by atoms with Crippen molar-refractivity contribution in [2.75, 3.05) is 4.90 Å². The zero-order valence-electron chi connectivity index (χ0n) is 30.5. The number of oxazole rings is 1. The van der Waals surface area contributed by atoms with Crippen LogP contribution in [0.25, 0.3) is 89.2 Å². The van der Waals surface area contributed by atoms with Crippen LogP contribution in [0.5, 0.6) is 0 Å². The smallest absolute Gasteiger partial charge is 0.227 e. The van der Waals surface area contributed by atoms with Gasteiger partial charge < -0.3 is 13.7 Å². The molecule has 0 saturated heterocycles. The highest BCUT2D eigenvalue weighted by Crippen LogP contribution is 2.40. The molecule has 0 aliphatic rings. The summed E-state index contributed by atoms with van der Waals surface area (Å²) in [6.07, 6.45) is 3.63. The van der Waals surface area contributed by atoms with E-state index in [1.54, 1.807) is 0 Å². The monoisotopic (exact) mass is 733 g/mol. The number of hydrogen-bond acceptors (Lipinski definition) is 7. The first-order valence-corrected chi connectivity index (χ1v) is 18.8. The first-order valence-electron chi connectivity index (χ1n) is 18.8. The van der Waals surface area contributed by atoms with Crippen molar-refractivity contribution in [2.45, 2.75) is 0 Å². The number of aromatic nitrogens is 4. The summed E-state index contributed by atoms with van der Waals surface area (Å²) in [4.78, 5) is 21.7. The standard InChI is InChI=1S/C50H31N5O2/c1-2-9-33(10-3-1)49-48-36(11-8-29-51-48)31-42(53-49)32-16-22-37(23-17-32)55(39-26-20-35(21-27-39)50-54-41-13-5-7-15-44(41)57-50)38-24-18-34(19-25-38)47-46-40-12-4-6-14-43(40)56-45(46)28-30-52-47/h1-31H. The van der Waals surface area contributed by atoms with E-state index in [2.05, 4.69) is 108 Å². The molecule has 7 nitrogen and oxygen atoms in total. The van der Waals surface area contributed by atoms with Gasteiger partial charge in [-0.2, -0.15) is 0 Å². The SMILES string of the molecule is c1ccc(-c2nc(-c3ccc(N(c4ccc(-c5nc6ccccc6o5)cc4)c4ccc(-c5nccc6oc7ccccc7c56)cc4)cc3)cc3cccnc23)cc1. The third kappa shape index (κ3) is 5.77. The Morgan fingerprint density at radius 3 is 1.82 bits per heavy atom. The van der Waals surface area contributed by atoms with Gasteiger partial charge in [0, 0.05) is 62.5 Å². The van der Waals surface area contributed by atoms with Crippen molar-refractivity contribution in [3.05, 3.63) is 188 Å². The Hall–Kier alpha value is -7.90. The molecule has 11 rings (SSSR count). The number of fused-ring (bicyclic) bond motifs is 5. The lowest BCUT2D eigenvalue weighted by Gasteiger charge is -2.26. The van der Waals surface area contributed by atoms with Gasteiger partial charge in [-0.1, -0.05) is 91.0 Å². The quantitative estimate of drug-likeness (QED) is 0.161. The molecule has 11 aromatic rings. The molecule has 0 aliphatic carbocycles. The average molecular weight is 734 g/mol. The number of pyridine rings is 3. The van der Waals surface area contributed by atoms with Crippen LogP contribution in [0, 0.1) is 0 Å². The maximum atomic E-state index is 6.18. The molecule has 6 aromatic carbocycles. The van der Waals surface area contributed by atoms with Crippen LogP contribution in [-0.4, -0.2) is 19.9 Å². The third-order valence-corrected chi connectivity index (χ3v) is 10.4. The molecule has 0 bridgehead atoms. The lowest BCUT2D eigenvalue weighted by Crippen LogP contribution is -2.09. The van der Waals surface area contributed by atoms with Gasteiger partial charge in [0.1, 0.15) is 16.7 Å². The van der Waals surface area contributed by atoms with Crippen molar-refractivity contribution in [1.82, 2.24) is 19.9 Å². The van der Waals surface area contributed by atoms with Crippen molar-refractivity contribution < 1.29 is 8.83 Å². The van der Waals surface area contributed by atoms with Gasteiger partial charge in [0.25, 0.3) is 0 Å². The van der Waals surface area contributed by atoms with E-state index in [0.717, 1.165) is 100 Å². The van der Waals surface area contributed by atoms with Crippen LogP contribution in [0.3, 0.4) is 0 Å². The molecule has 0 unspecified atom stereocenters. The number of hydrogen-bond donors (Lipinski definition) is 0. The van der Waals surface area contributed by atoms with Crippen LogP contribution in [-0.2, 0) is 0 Å². The summed E-state index contributed by atoms with van der Waals surface area (Å²) >= 11 is 0. The van der Waals surface area contributed by atoms with Crippen molar-refractivity contribution in [3.63, 3.8) is 0 Å². The fourth-order valence-electron chi connectivity index (χ4n) is 7.66. The average Bonchev–Trinajstić information content (AvgIpc) is 3.90. The summed E-state index contributed by atoms with van der Waals surface area (Å²) in [5, 5.41) is 3.10. The summed E-state index contributed by atoms with van der Waals surface area (Å²) < 4.78 is 12.3. The molecule has 0 amide bonds. The Bertz CT molecular complexity index is 3190. The van der Waals surface area contributed by atoms with Crippen molar-refractivity contribution in [1.29, 1.82) is 0 Å². The van der Waals surface area contributed by atoms with Crippen LogP contribution in [0.4, 0.5) is 17.1 Å². The summed E-state index contributed by atoms with van der Waals surface area (Å²) in [5.41, 5.74) is 13.7. The van der Waals surface area contributed by atoms with Gasteiger partial charge in [-0.25, -0.2) is 9.97 Å². The summed E-state index contributed by atoms with van der Waals surface area (Å²) in [7, 11) is 0. The Labute approximate surface area is 327 Å². The van der Waals surface area contributed by atoms with Crippen LogP contribution < -0.4 is 4.90 Å². The molecule has 57 heavy (non-hydrogen) atoms. The zero-order valence-corrected chi connectivity index (χ0v) is 30.5. The predicted molar refractivity (Wildman–Crippen MR) is 229 cm³/mol. The maximum Gasteiger partial charge on any atom is 0.227 e.